The molecule has 11 N–H and O–H groups in total. The molecule has 1 aromatic heterocycles. The van der Waals surface area contributed by atoms with Crippen molar-refractivity contribution in [2.75, 3.05) is 6.54 Å². The van der Waals surface area contributed by atoms with Crippen molar-refractivity contribution < 1.29 is 39.3 Å². The summed E-state index contributed by atoms with van der Waals surface area (Å²) in [4.78, 5) is 66.1. The summed E-state index contributed by atoms with van der Waals surface area (Å²) in [5.74, 6) is -4.75. The number of amides is 3. The number of phenolic OH excluding ortho intramolecular Hbond substituents is 1. The molecule has 242 valence electrons. The molecule has 14 nitrogen and oxygen atoms in total. The number of carboxylic acids is 2. The minimum absolute atomic E-state index is 0.0579. The molecule has 3 rings (SSSR count). The smallest absolute Gasteiger partial charge is 0.326 e. The lowest BCUT2D eigenvalue weighted by atomic mass is 10.0. The minimum atomic E-state index is -1.40. The van der Waals surface area contributed by atoms with E-state index in [1.807, 2.05) is 18.2 Å². The fourth-order valence-electron chi connectivity index (χ4n) is 4.82. The van der Waals surface area contributed by atoms with E-state index in [0.717, 1.165) is 10.9 Å². The average Bonchev–Trinajstić information content (AvgIpc) is 3.41. The summed E-state index contributed by atoms with van der Waals surface area (Å²) < 4.78 is 0. The molecular formula is C31H40N6O8. The first-order valence-electron chi connectivity index (χ1n) is 14.6. The van der Waals surface area contributed by atoms with E-state index >= 15 is 0 Å². The number of benzene rings is 2. The summed E-state index contributed by atoms with van der Waals surface area (Å²) in [6.45, 7) is 0.347. The van der Waals surface area contributed by atoms with Gasteiger partial charge in [0.15, 0.2) is 0 Å². The highest BCUT2D eigenvalue weighted by Gasteiger charge is 2.31. The maximum atomic E-state index is 13.4. The number of aromatic nitrogens is 1. The molecule has 14 heteroatoms. The van der Waals surface area contributed by atoms with E-state index in [2.05, 4.69) is 20.9 Å². The van der Waals surface area contributed by atoms with Crippen molar-refractivity contribution in [2.24, 2.45) is 11.5 Å². The van der Waals surface area contributed by atoms with E-state index in [1.165, 1.54) is 12.1 Å². The average molecular weight is 625 g/mol. The first-order chi connectivity index (χ1) is 21.5. The van der Waals surface area contributed by atoms with Crippen LogP contribution < -0.4 is 27.4 Å². The number of aliphatic carboxylic acids is 2. The SMILES string of the molecule is NCCCCC(NC(=O)C(N)Cc1ccc(O)cc1)C(=O)NC(CCC(=O)O)C(=O)NC(Cc1c[nH]c2ccccc12)C(=O)O. The van der Waals surface area contributed by atoms with Crippen LogP contribution in [0.25, 0.3) is 10.9 Å². The van der Waals surface area contributed by atoms with Crippen LogP contribution in [0.4, 0.5) is 0 Å². The number of para-hydroxylation sites is 1. The lowest BCUT2D eigenvalue weighted by Crippen LogP contribution is -2.57. The highest BCUT2D eigenvalue weighted by Crippen LogP contribution is 2.19. The largest absolute Gasteiger partial charge is 0.508 e. The van der Waals surface area contributed by atoms with Gasteiger partial charge in [0.25, 0.3) is 0 Å². The number of fused-ring (bicyclic) bond motifs is 1. The first kappa shape index (κ1) is 34.5. The van der Waals surface area contributed by atoms with E-state index < -0.39 is 60.2 Å². The molecule has 0 aliphatic heterocycles. The molecule has 3 aromatic rings. The maximum absolute atomic E-state index is 13.4. The minimum Gasteiger partial charge on any atom is -0.508 e. The number of carboxylic acid groups (broad SMARTS) is 2. The molecule has 1 heterocycles. The van der Waals surface area contributed by atoms with E-state index in [-0.39, 0.29) is 31.4 Å². The number of rotatable bonds is 18. The number of aromatic hydroxyl groups is 1. The number of nitrogens with one attached hydrogen (secondary N) is 4. The lowest BCUT2D eigenvalue weighted by Gasteiger charge is -2.25. The zero-order valence-corrected chi connectivity index (χ0v) is 24.7. The molecule has 45 heavy (non-hydrogen) atoms. The summed E-state index contributed by atoms with van der Waals surface area (Å²) in [5, 5.41) is 36.9. The third-order valence-electron chi connectivity index (χ3n) is 7.30. The van der Waals surface area contributed by atoms with Crippen LogP contribution in [0, 0.1) is 0 Å². The van der Waals surface area contributed by atoms with Crippen molar-refractivity contribution >= 4 is 40.6 Å². The number of carbonyl (C=O) groups excluding carboxylic acids is 3. The Bertz CT molecular complexity index is 1470. The van der Waals surface area contributed by atoms with Gasteiger partial charge >= 0.3 is 11.9 Å². The van der Waals surface area contributed by atoms with Gasteiger partial charge in [-0.3, -0.25) is 19.2 Å². The summed E-state index contributed by atoms with van der Waals surface area (Å²) in [7, 11) is 0. The van der Waals surface area contributed by atoms with Crippen LogP contribution in [-0.2, 0) is 36.8 Å². The van der Waals surface area contributed by atoms with Crippen LogP contribution in [0.5, 0.6) is 5.75 Å². The van der Waals surface area contributed by atoms with Gasteiger partial charge in [-0.05, 0) is 68.0 Å². The number of H-pyrrole nitrogens is 1. The van der Waals surface area contributed by atoms with Gasteiger partial charge in [-0.2, -0.15) is 0 Å². The molecule has 4 unspecified atom stereocenters. The van der Waals surface area contributed by atoms with E-state index in [9.17, 15) is 39.3 Å². The maximum Gasteiger partial charge on any atom is 0.326 e. The van der Waals surface area contributed by atoms with E-state index in [0.29, 0.717) is 30.5 Å². The Kier molecular flexibility index (Phi) is 12.9. The van der Waals surface area contributed by atoms with E-state index in [1.54, 1.807) is 24.4 Å². The number of phenols is 1. The monoisotopic (exact) mass is 624 g/mol. The summed E-state index contributed by atoms with van der Waals surface area (Å²) in [5.41, 5.74) is 13.8. The molecule has 0 aliphatic carbocycles. The van der Waals surface area contributed by atoms with Crippen LogP contribution in [0.2, 0.25) is 0 Å². The molecule has 2 aromatic carbocycles. The summed E-state index contributed by atoms with van der Waals surface area (Å²) >= 11 is 0. The molecule has 0 aliphatic rings. The number of hydrogen-bond acceptors (Lipinski definition) is 8. The molecule has 0 fully saturated rings. The molecule has 0 saturated heterocycles. The predicted octanol–water partition coefficient (Wildman–Crippen LogP) is 0.519. The number of nitrogens with two attached hydrogens (primary N) is 2. The van der Waals surface area contributed by atoms with Crippen molar-refractivity contribution in [3.63, 3.8) is 0 Å². The Labute approximate surface area is 259 Å². The molecule has 3 amide bonds. The Morgan fingerprint density at radius 1 is 0.778 bits per heavy atom. The molecule has 0 radical (unpaired) electrons. The van der Waals surface area contributed by atoms with Gasteiger partial charge in [-0.25, -0.2) is 4.79 Å². The lowest BCUT2D eigenvalue weighted by molar-refractivity contribution is -0.143. The van der Waals surface area contributed by atoms with Crippen LogP contribution in [0.15, 0.2) is 54.7 Å². The van der Waals surface area contributed by atoms with Gasteiger partial charge in [0.1, 0.15) is 23.9 Å². The Balaban J connectivity index is 1.73. The summed E-state index contributed by atoms with van der Waals surface area (Å²) in [6, 6.07) is 8.46. The van der Waals surface area contributed by atoms with Crippen LogP contribution >= 0.6 is 0 Å². The zero-order chi connectivity index (χ0) is 32.9. The quantitative estimate of drug-likeness (QED) is 0.0887. The van der Waals surface area contributed by atoms with Gasteiger partial charge in [0.05, 0.1) is 6.04 Å². The number of aromatic amines is 1. The zero-order valence-electron chi connectivity index (χ0n) is 24.7. The molecule has 4 atom stereocenters. The van der Waals surface area contributed by atoms with Gasteiger partial charge in [-0.15, -0.1) is 0 Å². The Hall–Kier alpha value is -4.95. The molecule has 0 spiro atoms. The number of carbonyl (C=O) groups is 5. The van der Waals surface area contributed by atoms with Crippen molar-refractivity contribution in [1.82, 2.24) is 20.9 Å². The second kappa shape index (κ2) is 16.8. The van der Waals surface area contributed by atoms with Crippen LogP contribution in [-0.4, -0.2) is 80.7 Å². The van der Waals surface area contributed by atoms with Crippen molar-refractivity contribution in [1.29, 1.82) is 0 Å². The third-order valence-corrected chi connectivity index (χ3v) is 7.30. The Morgan fingerprint density at radius 2 is 1.40 bits per heavy atom. The van der Waals surface area contributed by atoms with Crippen LogP contribution in [0.3, 0.4) is 0 Å². The van der Waals surface area contributed by atoms with Gasteiger partial charge in [0.2, 0.25) is 17.7 Å². The summed E-state index contributed by atoms with van der Waals surface area (Å²) in [6.07, 6.45) is 2.07. The molecular weight excluding hydrogens is 584 g/mol. The second-order valence-electron chi connectivity index (χ2n) is 10.8. The number of hydrogen-bond donors (Lipinski definition) is 9. The van der Waals surface area contributed by atoms with Crippen molar-refractivity contribution in [3.05, 3.63) is 65.9 Å². The first-order valence-corrected chi connectivity index (χ1v) is 14.6. The van der Waals surface area contributed by atoms with E-state index in [4.69, 9.17) is 11.5 Å². The number of unbranched alkanes of at least 4 members (excludes halogenated alkanes) is 1. The highest BCUT2D eigenvalue weighted by atomic mass is 16.4. The van der Waals surface area contributed by atoms with Gasteiger partial charge in [-0.1, -0.05) is 30.3 Å². The van der Waals surface area contributed by atoms with Gasteiger partial charge < -0.3 is 47.7 Å². The topological polar surface area (TPSA) is 250 Å². The Morgan fingerprint density at radius 3 is 2.04 bits per heavy atom. The van der Waals surface area contributed by atoms with Crippen molar-refractivity contribution in [2.45, 2.75) is 69.1 Å². The second-order valence-corrected chi connectivity index (χ2v) is 10.8. The van der Waals surface area contributed by atoms with Crippen molar-refractivity contribution in [3.8, 4) is 5.75 Å². The standard InChI is InChI=1S/C31H40N6O8/c32-14-4-3-7-24(35-28(41)22(33)15-18-8-10-20(38)11-9-18)29(42)36-25(12-13-27(39)40)30(43)37-26(31(44)45)16-19-17-34-23-6-2-1-5-21(19)23/h1-2,5-6,8-11,17,22,24-26,34,38H,3-4,7,12-16,32-33H2,(H,35,41)(H,36,42)(H,37,43)(H,39,40)(H,44,45). The highest BCUT2D eigenvalue weighted by molar-refractivity contribution is 5.94. The molecule has 0 saturated carbocycles. The molecule has 0 bridgehead atoms. The fraction of sp³-hybridized carbons (Fsp3) is 0.387. The predicted molar refractivity (Wildman–Crippen MR) is 165 cm³/mol. The normalized spacial score (nSPS) is 13.7. The van der Waals surface area contributed by atoms with Crippen LogP contribution in [0.1, 0.15) is 43.2 Å². The fourth-order valence-corrected chi connectivity index (χ4v) is 4.82. The van der Waals surface area contributed by atoms with Gasteiger partial charge in [0, 0.05) is 29.9 Å². The third kappa shape index (κ3) is 10.6.